The van der Waals surface area contributed by atoms with Crippen molar-refractivity contribution in [3.05, 3.63) is 29.6 Å². The van der Waals surface area contributed by atoms with E-state index in [2.05, 4.69) is 4.98 Å². The SMILES string of the molecule is COCC(C(C)C)n1c(CCCl)nc2c(F)cc(F)cc21. The lowest BCUT2D eigenvalue weighted by atomic mass is 10.0. The van der Waals surface area contributed by atoms with Crippen LogP contribution in [-0.4, -0.2) is 29.1 Å². The van der Waals surface area contributed by atoms with Crippen LogP contribution in [0.4, 0.5) is 8.78 Å². The average Bonchev–Trinajstić information content (AvgIpc) is 2.75. The van der Waals surface area contributed by atoms with E-state index in [0.717, 1.165) is 6.07 Å². The highest BCUT2D eigenvalue weighted by Crippen LogP contribution is 2.29. The molecule has 1 atom stereocenters. The van der Waals surface area contributed by atoms with Crippen LogP contribution in [0, 0.1) is 17.6 Å². The van der Waals surface area contributed by atoms with Gasteiger partial charge in [-0.2, -0.15) is 0 Å². The molecule has 0 saturated carbocycles. The molecule has 1 aromatic heterocycles. The second kappa shape index (κ2) is 6.71. The Kier molecular flexibility index (Phi) is 5.17. The lowest BCUT2D eigenvalue weighted by Crippen LogP contribution is -2.22. The fraction of sp³-hybridized carbons (Fsp3) is 0.533. The van der Waals surface area contributed by atoms with E-state index in [1.807, 2.05) is 18.4 Å². The van der Waals surface area contributed by atoms with Crippen LogP contribution in [0.15, 0.2) is 12.1 Å². The van der Waals surface area contributed by atoms with Gasteiger partial charge in [0.1, 0.15) is 17.2 Å². The van der Waals surface area contributed by atoms with Crippen LogP contribution in [0.25, 0.3) is 11.0 Å². The predicted molar refractivity (Wildman–Crippen MR) is 79.8 cm³/mol. The number of hydrogen-bond acceptors (Lipinski definition) is 2. The number of nitrogens with zero attached hydrogens (tertiary/aromatic N) is 2. The van der Waals surface area contributed by atoms with Crippen molar-refractivity contribution in [1.82, 2.24) is 9.55 Å². The lowest BCUT2D eigenvalue weighted by molar-refractivity contribution is 0.133. The molecule has 0 N–H and O–H groups in total. The van der Waals surface area contributed by atoms with Gasteiger partial charge < -0.3 is 9.30 Å². The summed E-state index contributed by atoms with van der Waals surface area (Å²) < 4.78 is 34.7. The van der Waals surface area contributed by atoms with Crippen molar-refractivity contribution in [2.75, 3.05) is 19.6 Å². The van der Waals surface area contributed by atoms with Crippen molar-refractivity contribution in [3.63, 3.8) is 0 Å². The van der Waals surface area contributed by atoms with Gasteiger partial charge in [0.05, 0.1) is 18.2 Å². The molecule has 0 fully saturated rings. The maximum atomic E-state index is 14.0. The quantitative estimate of drug-likeness (QED) is 0.755. The second-order valence-corrected chi connectivity index (χ2v) is 5.74. The zero-order valence-electron chi connectivity index (χ0n) is 12.4. The monoisotopic (exact) mass is 316 g/mol. The molecule has 2 aromatic rings. The van der Waals surface area contributed by atoms with Gasteiger partial charge in [-0.15, -0.1) is 11.6 Å². The highest BCUT2D eigenvalue weighted by Gasteiger charge is 2.23. The number of imidazole rings is 1. The van der Waals surface area contributed by atoms with Crippen LogP contribution in [0.3, 0.4) is 0 Å². The molecule has 0 amide bonds. The van der Waals surface area contributed by atoms with Crippen molar-refractivity contribution in [3.8, 4) is 0 Å². The lowest BCUT2D eigenvalue weighted by Gasteiger charge is -2.24. The fourth-order valence-corrected chi connectivity index (χ4v) is 2.70. The first-order chi connectivity index (χ1) is 9.99. The highest BCUT2D eigenvalue weighted by molar-refractivity contribution is 6.17. The van der Waals surface area contributed by atoms with Crippen LogP contribution in [0.5, 0.6) is 0 Å². The molecule has 2 rings (SSSR count). The van der Waals surface area contributed by atoms with E-state index >= 15 is 0 Å². The molecule has 116 valence electrons. The molecule has 1 aromatic carbocycles. The van der Waals surface area contributed by atoms with E-state index < -0.39 is 11.6 Å². The Morgan fingerprint density at radius 2 is 2.05 bits per heavy atom. The van der Waals surface area contributed by atoms with E-state index in [1.54, 1.807) is 7.11 Å². The first-order valence-electron chi connectivity index (χ1n) is 6.90. The topological polar surface area (TPSA) is 27.1 Å². The molecule has 0 radical (unpaired) electrons. The molecule has 3 nitrogen and oxygen atoms in total. The largest absolute Gasteiger partial charge is 0.383 e. The van der Waals surface area contributed by atoms with Gasteiger partial charge in [-0.3, -0.25) is 0 Å². The van der Waals surface area contributed by atoms with Gasteiger partial charge in [0.2, 0.25) is 0 Å². The molecular weight excluding hydrogens is 298 g/mol. The minimum Gasteiger partial charge on any atom is -0.383 e. The third-order valence-electron chi connectivity index (χ3n) is 3.54. The van der Waals surface area contributed by atoms with Gasteiger partial charge in [0.15, 0.2) is 5.82 Å². The number of methoxy groups -OCH3 is 1. The second-order valence-electron chi connectivity index (χ2n) is 5.36. The summed E-state index contributed by atoms with van der Waals surface area (Å²) in [6.45, 7) is 4.52. The maximum Gasteiger partial charge on any atom is 0.153 e. The normalized spacial score (nSPS) is 13.3. The van der Waals surface area contributed by atoms with Gasteiger partial charge >= 0.3 is 0 Å². The predicted octanol–water partition coefficient (Wildman–Crippen LogP) is 3.94. The zero-order valence-corrected chi connectivity index (χ0v) is 13.1. The summed E-state index contributed by atoms with van der Waals surface area (Å²) in [6, 6.07) is 2.11. The van der Waals surface area contributed by atoms with E-state index in [1.165, 1.54) is 6.07 Å². The van der Waals surface area contributed by atoms with Crippen LogP contribution in [-0.2, 0) is 11.2 Å². The minimum atomic E-state index is -0.653. The summed E-state index contributed by atoms with van der Waals surface area (Å²) in [7, 11) is 1.61. The fourth-order valence-electron chi connectivity index (χ4n) is 2.54. The molecule has 6 heteroatoms. The Hall–Kier alpha value is -1.20. The minimum absolute atomic E-state index is 0.0561. The van der Waals surface area contributed by atoms with Crippen LogP contribution in [0.2, 0.25) is 0 Å². The van der Waals surface area contributed by atoms with Gasteiger partial charge in [-0.1, -0.05) is 13.8 Å². The van der Waals surface area contributed by atoms with E-state index in [0.29, 0.717) is 30.2 Å². The molecule has 0 aliphatic carbocycles. The van der Waals surface area contributed by atoms with E-state index in [-0.39, 0.29) is 17.5 Å². The zero-order chi connectivity index (χ0) is 15.6. The van der Waals surface area contributed by atoms with Gasteiger partial charge in [-0.25, -0.2) is 13.8 Å². The molecule has 0 aliphatic rings. The van der Waals surface area contributed by atoms with Crippen LogP contribution < -0.4 is 0 Å². The Labute approximate surface area is 127 Å². The van der Waals surface area contributed by atoms with Crippen molar-refractivity contribution >= 4 is 22.6 Å². The third kappa shape index (κ3) is 3.19. The highest BCUT2D eigenvalue weighted by atomic mass is 35.5. The van der Waals surface area contributed by atoms with E-state index in [9.17, 15) is 8.78 Å². The summed E-state index contributed by atoms with van der Waals surface area (Å²) in [5, 5.41) is 0. The molecule has 0 aliphatic heterocycles. The molecule has 0 spiro atoms. The Balaban J connectivity index is 2.70. The van der Waals surface area contributed by atoms with Gasteiger partial charge in [0.25, 0.3) is 0 Å². The van der Waals surface area contributed by atoms with Crippen molar-refractivity contribution < 1.29 is 13.5 Å². The Morgan fingerprint density at radius 3 is 2.62 bits per heavy atom. The van der Waals surface area contributed by atoms with Gasteiger partial charge in [-0.05, 0) is 12.0 Å². The standard InChI is InChI=1S/C15H19ClF2N2O/c1-9(2)13(8-21-3)20-12-7-10(17)6-11(18)15(12)19-14(20)4-5-16/h6-7,9,13H,4-5,8H2,1-3H3. The van der Waals surface area contributed by atoms with Crippen molar-refractivity contribution in [1.29, 1.82) is 0 Å². The number of benzene rings is 1. The number of rotatable bonds is 6. The van der Waals surface area contributed by atoms with Crippen LogP contribution in [0.1, 0.15) is 25.7 Å². The molecule has 21 heavy (non-hydrogen) atoms. The van der Waals surface area contributed by atoms with Crippen molar-refractivity contribution in [2.45, 2.75) is 26.3 Å². The Bertz CT molecular complexity index is 628. The molecule has 0 bridgehead atoms. The summed E-state index contributed by atoms with van der Waals surface area (Å²) in [6.07, 6.45) is 0.490. The number of hydrogen-bond donors (Lipinski definition) is 0. The first-order valence-corrected chi connectivity index (χ1v) is 7.43. The summed E-state index contributed by atoms with van der Waals surface area (Å²) >= 11 is 5.82. The number of aromatic nitrogens is 2. The summed E-state index contributed by atoms with van der Waals surface area (Å²) in [4.78, 5) is 4.31. The smallest absolute Gasteiger partial charge is 0.153 e. The number of halogens is 3. The number of aryl methyl sites for hydroxylation is 1. The third-order valence-corrected chi connectivity index (χ3v) is 3.73. The van der Waals surface area contributed by atoms with Crippen LogP contribution >= 0.6 is 11.6 Å². The average molecular weight is 317 g/mol. The number of alkyl halides is 1. The maximum absolute atomic E-state index is 14.0. The molecule has 0 saturated heterocycles. The number of fused-ring (bicyclic) bond motifs is 1. The first kappa shape index (κ1) is 16.2. The Morgan fingerprint density at radius 1 is 1.33 bits per heavy atom. The van der Waals surface area contributed by atoms with E-state index in [4.69, 9.17) is 16.3 Å². The molecule has 1 heterocycles. The number of ether oxygens (including phenoxy) is 1. The molecule has 1 unspecified atom stereocenters. The summed E-state index contributed by atoms with van der Waals surface area (Å²) in [5.74, 6) is -0.0217. The van der Waals surface area contributed by atoms with Gasteiger partial charge in [0, 0.05) is 25.5 Å². The van der Waals surface area contributed by atoms with Crippen molar-refractivity contribution in [2.24, 2.45) is 5.92 Å². The molecular formula is C15H19ClF2N2O. The summed E-state index contributed by atoms with van der Waals surface area (Å²) in [5.41, 5.74) is 0.627.